The van der Waals surface area contributed by atoms with E-state index in [1.54, 1.807) is 4.90 Å². The van der Waals surface area contributed by atoms with Crippen LogP contribution in [-0.2, 0) is 30.3 Å². The molecule has 10 nitrogen and oxygen atoms in total. The molecule has 2 fully saturated rings. The standard InChI is InChI=1S/C40H50ClN3O7/c1-27(45)42-24-23-40(21-5-6-22-40)39(50)43-35(38(48)49)25-28-9-17-32(18-10-28)44-36(47)20-14-30(37(44)29-11-15-31(41)16-12-29)13-19-33(46)26-51-34-7-3-2-4-8-34/h3,7-12,15-18,30,35,37,39,43,50H,2,4-6,13-14,19-26H2,1H3,(H,42,45)(H,48,49). The molecule has 2 aliphatic carbocycles. The number of aliphatic hydroxyl groups is 1. The number of carbonyl (C=O) groups excluding carboxylic acids is 3. The number of Topliss-reactive ketones (excluding diaryl/α,β-unsaturated/α-hetero) is 1. The zero-order valence-corrected chi connectivity index (χ0v) is 30.1. The number of hydrogen-bond acceptors (Lipinski definition) is 7. The number of carbonyl (C=O) groups is 4. The van der Waals surface area contributed by atoms with E-state index in [4.69, 9.17) is 16.3 Å². The van der Waals surface area contributed by atoms with Crippen molar-refractivity contribution in [2.45, 2.75) is 102 Å². The van der Waals surface area contributed by atoms with E-state index in [0.29, 0.717) is 49.4 Å². The second-order valence-corrected chi connectivity index (χ2v) is 14.6. The summed E-state index contributed by atoms with van der Waals surface area (Å²) in [6, 6.07) is 13.4. The first kappa shape index (κ1) is 38.2. The minimum atomic E-state index is -1.07. The zero-order valence-electron chi connectivity index (χ0n) is 29.3. The number of piperidine rings is 1. The fourth-order valence-electron chi connectivity index (χ4n) is 7.76. The van der Waals surface area contributed by atoms with Gasteiger partial charge in [0, 0.05) is 42.4 Å². The Labute approximate surface area is 305 Å². The Hall–Kier alpha value is -3.99. The molecule has 4 atom stereocenters. The molecule has 1 heterocycles. The summed E-state index contributed by atoms with van der Waals surface area (Å²) < 4.78 is 5.72. The summed E-state index contributed by atoms with van der Waals surface area (Å²) in [7, 11) is 0. The van der Waals surface area contributed by atoms with Crippen LogP contribution in [0.2, 0.25) is 5.02 Å². The van der Waals surface area contributed by atoms with Crippen molar-refractivity contribution in [1.82, 2.24) is 10.6 Å². The average molecular weight is 720 g/mol. The van der Waals surface area contributed by atoms with Gasteiger partial charge in [0.1, 0.15) is 24.6 Å². The van der Waals surface area contributed by atoms with E-state index in [1.807, 2.05) is 66.8 Å². The van der Waals surface area contributed by atoms with Crippen molar-refractivity contribution in [3.8, 4) is 0 Å². The third-order valence-electron chi connectivity index (χ3n) is 10.6. The number of aliphatic hydroxyl groups excluding tert-OH is 1. The second kappa shape index (κ2) is 18.0. The number of carboxylic acids is 1. The molecule has 4 unspecified atom stereocenters. The average Bonchev–Trinajstić information content (AvgIpc) is 3.61. The maximum Gasteiger partial charge on any atom is 0.321 e. The Balaban J connectivity index is 1.28. The number of ether oxygens (including phenoxy) is 1. The Kier molecular flexibility index (Phi) is 13.5. The smallest absolute Gasteiger partial charge is 0.321 e. The van der Waals surface area contributed by atoms with Gasteiger partial charge >= 0.3 is 5.97 Å². The Morgan fingerprint density at radius 1 is 1.06 bits per heavy atom. The van der Waals surface area contributed by atoms with Crippen LogP contribution in [0.4, 0.5) is 5.69 Å². The molecule has 5 rings (SSSR count). The Morgan fingerprint density at radius 2 is 1.78 bits per heavy atom. The number of anilines is 1. The Bertz CT molecular complexity index is 1580. The van der Waals surface area contributed by atoms with Crippen LogP contribution >= 0.6 is 11.6 Å². The van der Waals surface area contributed by atoms with Crippen LogP contribution in [0.25, 0.3) is 0 Å². The first-order chi connectivity index (χ1) is 24.5. The normalized spacial score (nSPS) is 21.1. The number of ketones is 1. The SMILES string of the molecule is CC(=O)NCCC1(C(O)NC(Cc2ccc(N3C(=O)CCC(CCC(=O)COC4=CCCC=C4)C3c3ccc(Cl)cc3)cc2)C(=O)O)CCCC1. The molecule has 0 aromatic heterocycles. The van der Waals surface area contributed by atoms with E-state index in [-0.39, 0.29) is 42.6 Å². The number of nitrogens with one attached hydrogen (secondary N) is 2. The number of hydrogen-bond donors (Lipinski definition) is 4. The number of nitrogens with zero attached hydrogens (tertiary/aromatic N) is 1. The summed E-state index contributed by atoms with van der Waals surface area (Å²) in [5.41, 5.74) is 1.83. The van der Waals surface area contributed by atoms with Crippen LogP contribution in [0, 0.1) is 11.3 Å². The molecule has 0 radical (unpaired) electrons. The van der Waals surface area contributed by atoms with Crippen LogP contribution in [0.15, 0.2) is 72.5 Å². The lowest BCUT2D eigenvalue weighted by atomic mass is 9.80. The molecule has 1 aliphatic heterocycles. The van der Waals surface area contributed by atoms with Gasteiger partial charge in [-0.1, -0.05) is 54.8 Å². The van der Waals surface area contributed by atoms with Crippen LogP contribution in [0.1, 0.15) is 94.7 Å². The van der Waals surface area contributed by atoms with Crippen molar-refractivity contribution >= 4 is 40.9 Å². The quantitative estimate of drug-likeness (QED) is 0.137. The van der Waals surface area contributed by atoms with Crippen molar-refractivity contribution in [2.75, 3.05) is 18.1 Å². The molecule has 2 aromatic carbocycles. The second-order valence-electron chi connectivity index (χ2n) is 14.1. The molecular formula is C40H50ClN3O7. The van der Waals surface area contributed by atoms with Gasteiger partial charge in [-0.05, 0) is 105 Å². The highest BCUT2D eigenvalue weighted by Crippen LogP contribution is 2.44. The lowest BCUT2D eigenvalue weighted by molar-refractivity contribution is -0.141. The van der Waals surface area contributed by atoms with E-state index >= 15 is 0 Å². The molecule has 0 spiro atoms. The van der Waals surface area contributed by atoms with Crippen LogP contribution in [0.5, 0.6) is 0 Å². The van der Waals surface area contributed by atoms with Gasteiger partial charge in [-0.2, -0.15) is 0 Å². The zero-order chi connectivity index (χ0) is 36.4. The molecule has 11 heteroatoms. The monoisotopic (exact) mass is 719 g/mol. The highest BCUT2D eigenvalue weighted by Gasteiger charge is 2.42. The minimum Gasteiger partial charge on any atom is -0.486 e. The maximum atomic E-state index is 13.6. The van der Waals surface area contributed by atoms with Crippen molar-refractivity contribution < 1.29 is 34.1 Å². The molecule has 1 saturated carbocycles. The van der Waals surface area contributed by atoms with Crippen molar-refractivity contribution in [2.24, 2.45) is 11.3 Å². The molecule has 274 valence electrons. The molecular weight excluding hydrogens is 670 g/mol. The molecule has 51 heavy (non-hydrogen) atoms. The molecule has 3 aliphatic rings. The summed E-state index contributed by atoms with van der Waals surface area (Å²) in [6.07, 6.45) is 12.7. The molecule has 4 N–H and O–H groups in total. The summed E-state index contributed by atoms with van der Waals surface area (Å²) >= 11 is 6.24. The largest absolute Gasteiger partial charge is 0.486 e. The van der Waals surface area contributed by atoms with Gasteiger partial charge in [0.2, 0.25) is 11.8 Å². The lowest BCUT2D eigenvalue weighted by Gasteiger charge is -2.42. The minimum absolute atomic E-state index is 0.0100. The Morgan fingerprint density at radius 3 is 2.43 bits per heavy atom. The van der Waals surface area contributed by atoms with Gasteiger partial charge in [-0.25, -0.2) is 0 Å². The van der Waals surface area contributed by atoms with Gasteiger partial charge in [-0.15, -0.1) is 0 Å². The van der Waals surface area contributed by atoms with E-state index in [0.717, 1.165) is 55.4 Å². The fraction of sp³-hybridized carbons (Fsp3) is 0.500. The summed E-state index contributed by atoms with van der Waals surface area (Å²) in [5.74, 6) is -0.492. The van der Waals surface area contributed by atoms with Gasteiger partial charge in [-0.3, -0.25) is 24.5 Å². The topological polar surface area (TPSA) is 145 Å². The van der Waals surface area contributed by atoms with Gasteiger partial charge in [0.05, 0.1) is 6.04 Å². The predicted octanol–water partition coefficient (Wildman–Crippen LogP) is 6.41. The number of rotatable bonds is 17. The van der Waals surface area contributed by atoms with Crippen LogP contribution < -0.4 is 15.5 Å². The van der Waals surface area contributed by atoms with Crippen molar-refractivity contribution in [3.05, 3.63) is 88.7 Å². The lowest BCUT2D eigenvalue weighted by Crippen LogP contribution is -2.52. The molecule has 2 amide bonds. The first-order valence-electron chi connectivity index (χ1n) is 18.1. The predicted molar refractivity (Wildman–Crippen MR) is 196 cm³/mol. The summed E-state index contributed by atoms with van der Waals surface area (Å²) in [6.45, 7) is 1.88. The highest BCUT2D eigenvalue weighted by atomic mass is 35.5. The van der Waals surface area contributed by atoms with Gasteiger partial charge in [0.25, 0.3) is 0 Å². The van der Waals surface area contributed by atoms with Gasteiger partial charge in [0.15, 0.2) is 5.78 Å². The first-order valence-corrected chi connectivity index (χ1v) is 18.5. The van der Waals surface area contributed by atoms with Crippen molar-refractivity contribution in [1.29, 1.82) is 0 Å². The third kappa shape index (κ3) is 10.3. The van der Waals surface area contributed by atoms with E-state index in [9.17, 15) is 29.4 Å². The van der Waals surface area contributed by atoms with E-state index < -0.39 is 23.7 Å². The number of halogens is 1. The number of carboxylic acid groups (broad SMARTS) is 1. The van der Waals surface area contributed by atoms with E-state index in [2.05, 4.69) is 10.6 Å². The molecule has 1 saturated heterocycles. The van der Waals surface area contributed by atoms with Crippen molar-refractivity contribution in [3.63, 3.8) is 0 Å². The maximum absolute atomic E-state index is 13.6. The summed E-state index contributed by atoms with van der Waals surface area (Å²) in [4.78, 5) is 52.1. The molecule has 0 bridgehead atoms. The molecule has 2 aromatic rings. The number of aliphatic carboxylic acids is 1. The number of benzene rings is 2. The fourth-order valence-corrected chi connectivity index (χ4v) is 7.89. The highest BCUT2D eigenvalue weighted by molar-refractivity contribution is 6.30. The summed E-state index contributed by atoms with van der Waals surface area (Å²) in [5, 5.41) is 27.8. The van der Waals surface area contributed by atoms with Crippen LogP contribution in [-0.4, -0.2) is 59.2 Å². The van der Waals surface area contributed by atoms with Gasteiger partial charge < -0.3 is 25.2 Å². The number of allylic oxidation sites excluding steroid dienone is 3. The van der Waals surface area contributed by atoms with E-state index in [1.165, 1.54) is 6.92 Å². The number of amides is 2. The van der Waals surface area contributed by atoms with Crippen LogP contribution in [0.3, 0.4) is 0 Å². The third-order valence-corrected chi connectivity index (χ3v) is 10.8.